The van der Waals surface area contributed by atoms with E-state index in [1.165, 1.54) is 0 Å². The van der Waals surface area contributed by atoms with Crippen molar-refractivity contribution in [2.75, 3.05) is 0 Å². The molecule has 0 aliphatic heterocycles. The van der Waals surface area contributed by atoms with Crippen LogP contribution < -0.4 is 6.15 Å². The Balaban J connectivity index is -0.0000000267. The molecule has 0 saturated heterocycles. The number of hydrogen-bond donors (Lipinski definition) is 3. The molecular weight excluding hydrogens is 174 g/mol. The second kappa shape index (κ2) is 8.86. The fourth-order valence-electron chi connectivity index (χ4n) is 0. The average molecular weight is 179 g/mol. The van der Waals surface area contributed by atoms with Gasteiger partial charge in [0.15, 0.2) is 0 Å². The van der Waals surface area contributed by atoms with E-state index < -0.39 is 10.4 Å². The summed E-state index contributed by atoms with van der Waals surface area (Å²) >= 11 is 0. The average Bonchev–Trinajstić information content (AvgIpc) is 0.722. The second-order valence-corrected chi connectivity index (χ2v) is 1.34. The monoisotopic (exact) mass is 179 g/mol. The van der Waals surface area contributed by atoms with Crippen molar-refractivity contribution in [3.63, 3.8) is 0 Å². The molecule has 0 spiro atoms. The molecule has 0 unspecified atom stereocenters. The molecule has 0 bridgehead atoms. The minimum Gasteiger partial charge on any atom is -0.344 e. The molecule has 0 amide bonds. The van der Waals surface area contributed by atoms with Crippen LogP contribution in [0.15, 0.2) is 0 Å². The first-order valence-corrected chi connectivity index (χ1v) is 2.10. The Hall–Kier alpha value is 1.86. The van der Waals surface area contributed by atoms with Gasteiger partial charge in [-0.25, -0.2) is 0 Å². The summed E-state index contributed by atoms with van der Waals surface area (Å²) in [6, 6.07) is 0. The largest absolute Gasteiger partial charge is 2.00 e. The third-order valence-corrected chi connectivity index (χ3v) is 0. The Bertz CT molecular complexity index is 99.2. The Morgan fingerprint density at radius 2 is 1.12 bits per heavy atom. The van der Waals surface area contributed by atoms with E-state index in [4.69, 9.17) is 17.5 Å². The van der Waals surface area contributed by atoms with Crippen molar-refractivity contribution >= 4 is 71.2 Å². The van der Waals surface area contributed by atoms with Crippen LogP contribution in [0, 0.1) is 0 Å². The molecule has 0 fully saturated rings. The van der Waals surface area contributed by atoms with Crippen molar-refractivity contribution in [3.05, 3.63) is 0 Å². The Kier molecular flexibility index (Phi) is 25.0. The summed E-state index contributed by atoms with van der Waals surface area (Å²) in [6.45, 7) is 0. The Labute approximate surface area is 93.5 Å². The number of hydrogen-bond acceptors (Lipinski definition) is 3. The maximum Gasteiger partial charge on any atom is 2.00 e. The molecule has 0 aromatic carbocycles. The van der Waals surface area contributed by atoms with Gasteiger partial charge in [-0.1, -0.05) is 0 Å². The number of rotatable bonds is 0. The van der Waals surface area contributed by atoms with Gasteiger partial charge < -0.3 is 6.15 Å². The molecule has 8 heteroatoms. The van der Waals surface area contributed by atoms with Gasteiger partial charge in [0.05, 0.1) is 0 Å². The standard InChI is InChI=1S/Ca.Mg.H3N.H2O4S/c;;;1-5(2,3)4/h;;1H3;(H2,1,2,3,4)/q2*+2;;. The van der Waals surface area contributed by atoms with E-state index in [2.05, 4.69) is 0 Å². The topological polar surface area (TPSA) is 110 Å². The Morgan fingerprint density at radius 1 is 1.12 bits per heavy atom. The van der Waals surface area contributed by atoms with Gasteiger partial charge in [-0.2, -0.15) is 8.42 Å². The molecule has 5 N–H and O–H groups in total. The second-order valence-electron chi connectivity index (χ2n) is 0.448. The molecular formula is H5CaMgNO4S+4. The van der Waals surface area contributed by atoms with Crippen molar-refractivity contribution in [1.82, 2.24) is 6.15 Å². The van der Waals surface area contributed by atoms with Crippen molar-refractivity contribution in [2.24, 2.45) is 0 Å². The first-order chi connectivity index (χ1) is 2.00. The zero-order chi connectivity index (χ0) is 4.50. The maximum atomic E-state index is 8.74. The molecule has 8 heavy (non-hydrogen) atoms. The van der Waals surface area contributed by atoms with Crippen LogP contribution in [0.4, 0.5) is 0 Å². The van der Waals surface area contributed by atoms with E-state index in [0.717, 1.165) is 0 Å². The molecule has 0 aromatic heterocycles. The van der Waals surface area contributed by atoms with Crippen molar-refractivity contribution in [2.45, 2.75) is 0 Å². The van der Waals surface area contributed by atoms with Crippen molar-refractivity contribution < 1.29 is 17.5 Å². The summed E-state index contributed by atoms with van der Waals surface area (Å²) in [4.78, 5) is 0. The molecule has 0 saturated carbocycles. The summed E-state index contributed by atoms with van der Waals surface area (Å²) in [7, 11) is -4.67. The molecule has 0 aliphatic rings. The summed E-state index contributed by atoms with van der Waals surface area (Å²) in [6.07, 6.45) is 0. The molecule has 0 rings (SSSR count). The summed E-state index contributed by atoms with van der Waals surface area (Å²) < 4.78 is 31.6. The van der Waals surface area contributed by atoms with Gasteiger partial charge in [0, 0.05) is 0 Å². The quantitative estimate of drug-likeness (QED) is 0.318. The van der Waals surface area contributed by atoms with E-state index >= 15 is 0 Å². The predicted octanol–water partition coefficient (Wildman–Crippen LogP) is -1.25. The van der Waals surface area contributed by atoms with Gasteiger partial charge in [0.25, 0.3) is 0 Å². The first-order valence-electron chi connectivity index (χ1n) is 0.698. The fourth-order valence-corrected chi connectivity index (χ4v) is 0. The molecule has 0 aromatic rings. The van der Waals surface area contributed by atoms with Crippen LogP contribution in [-0.2, 0) is 10.4 Å². The third kappa shape index (κ3) is 107. The molecule has 0 atom stereocenters. The van der Waals surface area contributed by atoms with Crippen LogP contribution in [0.1, 0.15) is 0 Å². The molecule has 0 radical (unpaired) electrons. The van der Waals surface area contributed by atoms with Crippen LogP contribution in [0.3, 0.4) is 0 Å². The molecule has 40 valence electrons. The van der Waals surface area contributed by atoms with E-state index in [-0.39, 0.29) is 66.9 Å². The molecule has 0 aliphatic carbocycles. The zero-order valence-corrected chi connectivity index (χ0v) is 8.68. The van der Waals surface area contributed by atoms with Crippen LogP contribution >= 0.6 is 0 Å². The fraction of sp³-hybridized carbons (Fsp3) is 0. The van der Waals surface area contributed by atoms with Crippen LogP contribution in [0.2, 0.25) is 0 Å². The maximum absolute atomic E-state index is 8.74. The smallest absolute Gasteiger partial charge is 0.344 e. The molecule has 0 heterocycles. The summed E-state index contributed by atoms with van der Waals surface area (Å²) in [5.41, 5.74) is 0. The first kappa shape index (κ1) is 22.5. The minimum atomic E-state index is -4.67. The van der Waals surface area contributed by atoms with Crippen molar-refractivity contribution in [1.29, 1.82) is 0 Å². The summed E-state index contributed by atoms with van der Waals surface area (Å²) in [5, 5.41) is 0. The minimum absolute atomic E-state index is 0. The van der Waals surface area contributed by atoms with Gasteiger partial charge >= 0.3 is 71.2 Å². The van der Waals surface area contributed by atoms with Gasteiger partial charge in [0.2, 0.25) is 0 Å². The SMILES string of the molecule is N.O=S(=O)(O)O.[Ca+2].[Mg+2]. The normalized spacial score (nSPS) is 7.25. The van der Waals surface area contributed by atoms with Gasteiger partial charge in [-0.3, -0.25) is 9.11 Å². The van der Waals surface area contributed by atoms with Crippen LogP contribution in [-0.4, -0.2) is 78.3 Å². The zero-order valence-electron chi connectivity index (χ0n) is 4.24. The Morgan fingerprint density at radius 3 is 1.12 bits per heavy atom. The van der Waals surface area contributed by atoms with Crippen molar-refractivity contribution in [3.8, 4) is 0 Å². The van der Waals surface area contributed by atoms with Gasteiger partial charge in [-0.15, -0.1) is 0 Å². The summed E-state index contributed by atoms with van der Waals surface area (Å²) in [5.74, 6) is 0. The van der Waals surface area contributed by atoms with E-state index in [1.54, 1.807) is 0 Å². The van der Waals surface area contributed by atoms with Gasteiger partial charge in [0.1, 0.15) is 0 Å². The van der Waals surface area contributed by atoms with Crippen LogP contribution in [0.5, 0.6) is 0 Å². The van der Waals surface area contributed by atoms with E-state index in [9.17, 15) is 0 Å². The van der Waals surface area contributed by atoms with E-state index in [0.29, 0.717) is 0 Å². The molecule has 5 nitrogen and oxygen atoms in total. The van der Waals surface area contributed by atoms with Gasteiger partial charge in [-0.05, 0) is 0 Å². The van der Waals surface area contributed by atoms with E-state index in [1.807, 2.05) is 0 Å². The third-order valence-electron chi connectivity index (χ3n) is 0. The van der Waals surface area contributed by atoms with Crippen LogP contribution in [0.25, 0.3) is 0 Å². The predicted molar refractivity (Wildman–Crippen MR) is 30.7 cm³/mol.